The Kier molecular flexibility index (Phi) is 1300. The van der Waals surface area contributed by atoms with Crippen molar-refractivity contribution in [2.24, 2.45) is 0 Å². The van der Waals surface area contributed by atoms with E-state index in [4.69, 9.17) is 0 Å². The zero-order valence-corrected chi connectivity index (χ0v) is 15.7. The SMILES string of the molecule is CC.CC.CC.CC.CC.CC.CC#CCC. The van der Waals surface area contributed by atoms with E-state index in [1.807, 2.05) is 96.9 Å². The first-order valence-electron chi connectivity index (χ1n) is 7.81. The second-order valence-corrected chi connectivity index (χ2v) is 0.780. The summed E-state index contributed by atoms with van der Waals surface area (Å²) in [6.07, 6.45) is 0.983. The molecular weight excluding hydrogens is 204 g/mol. The van der Waals surface area contributed by atoms with Crippen molar-refractivity contribution in [1.29, 1.82) is 0 Å². The lowest BCUT2D eigenvalue weighted by atomic mass is 10.5. The lowest BCUT2D eigenvalue weighted by Gasteiger charge is -1.58. The van der Waals surface area contributed by atoms with E-state index in [0.29, 0.717) is 0 Å². The number of hydrogen-bond acceptors (Lipinski definition) is 0. The van der Waals surface area contributed by atoms with E-state index in [9.17, 15) is 0 Å². The first kappa shape index (κ1) is 43.9. The molecule has 0 aliphatic carbocycles. The molecule has 0 bridgehead atoms. The van der Waals surface area contributed by atoms with Crippen molar-refractivity contribution in [1.82, 2.24) is 0 Å². The molecule has 0 aromatic heterocycles. The van der Waals surface area contributed by atoms with Crippen LogP contribution in [0.4, 0.5) is 0 Å². The van der Waals surface area contributed by atoms with Gasteiger partial charge in [0, 0.05) is 6.42 Å². The maximum atomic E-state index is 2.86. The van der Waals surface area contributed by atoms with Gasteiger partial charge in [0.25, 0.3) is 0 Å². The van der Waals surface area contributed by atoms with Gasteiger partial charge in [-0.05, 0) is 6.92 Å². The summed E-state index contributed by atoms with van der Waals surface area (Å²) < 4.78 is 0. The fraction of sp³-hybridized carbons (Fsp3) is 0.882. The Bertz CT molecular complexity index is 52.2. The summed E-state index contributed by atoms with van der Waals surface area (Å²) in [4.78, 5) is 0. The van der Waals surface area contributed by atoms with Crippen LogP contribution >= 0.6 is 0 Å². The number of hydrogen-bond donors (Lipinski definition) is 0. The van der Waals surface area contributed by atoms with Gasteiger partial charge in [-0.2, -0.15) is 0 Å². The van der Waals surface area contributed by atoms with E-state index in [1.165, 1.54) is 0 Å². The van der Waals surface area contributed by atoms with Gasteiger partial charge >= 0.3 is 0 Å². The Labute approximate surface area is 116 Å². The molecule has 0 aromatic carbocycles. The van der Waals surface area contributed by atoms with E-state index < -0.39 is 0 Å². The molecule has 0 saturated heterocycles. The van der Waals surface area contributed by atoms with Gasteiger partial charge in [0.05, 0.1) is 0 Å². The van der Waals surface area contributed by atoms with Crippen molar-refractivity contribution in [3.8, 4) is 11.8 Å². The molecule has 0 aliphatic heterocycles. The van der Waals surface area contributed by atoms with Crippen LogP contribution in [0.1, 0.15) is 103 Å². The molecule has 0 spiro atoms. The highest BCUT2D eigenvalue weighted by molar-refractivity contribution is 4.92. The first-order chi connectivity index (χ1) is 8.41. The Hall–Kier alpha value is -0.440. The van der Waals surface area contributed by atoms with Crippen LogP contribution in [0.25, 0.3) is 0 Å². The van der Waals surface area contributed by atoms with Crippen LogP contribution in [0.2, 0.25) is 0 Å². The lowest BCUT2D eigenvalue weighted by Crippen LogP contribution is -1.45. The normalized spacial score (nSPS) is 3.65. The predicted molar refractivity (Wildman–Crippen MR) is 91.8 cm³/mol. The Morgan fingerprint density at radius 3 is 0.706 bits per heavy atom. The zero-order valence-electron chi connectivity index (χ0n) is 15.7. The lowest BCUT2D eigenvalue weighted by molar-refractivity contribution is 1.28. The molecule has 0 nitrogen and oxygen atoms in total. The molecule has 0 unspecified atom stereocenters. The van der Waals surface area contributed by atoms with E-state index in [1.54, 1.807) is 0 Å². The summed E-state index contributed by atoms with van der Waals surface area (Å²) in [5.74, 6) is 5.63. The fourth-order valence-electron chi connectivity index (χ4n) is 0.177. The summed E-state index contributed by atoms with van der Waals surface area (Å²) in [5, 5.41) is 0. The molecule has 0 aliphatic rings. The molecule has 0 amide bonds. The molecule has 0 heteroatoms. The minimum Gasteiger partial charge on any atom is -0.107 e. The second kappa shape index (κ2) is 503. The first-order valence-corrected chi connectivity index (χ1v) is 7.81. The Morgan fingerprint density at radius 2 is 0.706 bits per heavy atom. The highest BCUT2D eigenvalue weighted by Crippen LogP contribution is 1.62. The van der Waals surface area contributed by atoms with Gasteiger partial charge in [0.15, 0.2) is 0 Å². The van der Waals surface area contributed by atoms with Gasteiger partial charge in [-0.3, -0.25) is 0 Å². The summed E-state index contributed by atoms with van der Waals surface area (Å²) in [6, 6.07) is 0. The number of rotatable bonds is 0. The van der Waals surface area contributed by atoms with Crippen LogP contribution in [-0.4, -0.2) is 0 Å². The monoisotopic (exact) mass is 248 g/mol. The smallest absolute Gasteiger partial charge is 0.00601 e. The van der Waals surface area contributed by atoms with Crippen molar-refractivity contribution in [3.05, 3.63) is 0 Å². The molecule has 0 atom stereocenters. The van der Waals surface area contributed by atoms with E-state index in [-0.39, 0.29) is 0 Å². The van der Waals surface area contributed by atoms with Crippen LogP contribution in [0.3, 0.4) is 0 Å². The van der Waals surface area contributed by atoms with E-state index >= 15 is 0 Å². The topological polar surface area (TPSA) is 0 Å². The van der Waals surface area contributed by atoms with Crippen LogP contribution in [0, 0.1) is 11.8 Å². The molecule has 0 N–H and O–H groups in total. The van der Waals surface area contributed by atoms with E-state index in [2.05, 4.69) is 11.8 Å². The summed E-state index contributed by atoms with van der Waals surface area (Å²) in [5.41, 5.74) is 0. The maximum Gasteiger partial charge on any atom is 0.00601 e. The summed E-state index contributed by atoms with van der Waals surface area (Å²) >= 11 is 0. The van der Waals surface area contributed by atoms with Crippen molar-refractivity contribution >= 4 is 0 Å². The molecular formula is C17H44. The molecule has 0 rings (SSSR count). The molecule has 17 heavy (non-hydrogen) atoms. The molecule has 0 heterocycles. The van der Waals surface area contributed by atoms with Gasteiger partial charge in [-0.15, -0.1) is 11.8 Å². The second-order valence-electron chi connectivity index (χ2n) is 0.780. The Morgan fingerprint density at radius 1 is 0.529 bits per heavy atom. The van der Waals surface area contributed by atoms with Gasteiger partial charge in [-0.1, -0.05) is 90.0 Å². The van der Waals surface area contributed by atoms with Crippen molar-refractivity contribution in [2.75, 3.05) is 0 Å². The zero-order chi connectivity index (χ0) is 16.1. The van der Waals surface area contributed by atoms with Gasteiger partial charge < -0.3 is 0 Å². The Balaban J connectivity index is -0.0000000147. The quantitative estimate of drug-likeness (QED) is 0.388. The summed E-state index contributed by atoms with van der Waals surface area (Å²) in [6.45, 7) is 27.9. The van der Waals surface area contributed by atoms with Gasteiger partial charge in [0.2, 0.25) is 0 Å². The average molecular weight is 249 g/mol. The third-order valence-corrected chi connectivity index (χ3v) is 0.354. The van der Waals surface area contributed by atoms with Crippen LogP contribution in [0.15, 0.2) is 0 Å². The third kappa shape index (κ3) is 1180. The van der Waals surface area contributed by atoms with Crippen molar-refractivity contribution < 1.29 is 0 Å². The minimum absolute atomic E-state index is 0.983. The van der Waals surface area contributed by atoms with Crippen LogP contribution in [-0.2, 0) is 0 Å². The highest BCUT2D eigenvalue weighted by Gasteiger charge is 1.48. The van der Waals surface area contributed by atoms with E-state index in [0.717, 1.165) is 6.42 Å². The highest BCUT2D eigenvalue weighted by atomic mass is 13.5. The molecule has 0 fully saturated rings. The largest absolute Gasteiger partial charge is 0.107 e. The fourth-order valence-corrected chi connectivity index (χ4v) is 0.177. The average Bonchev–Trinajstić information content (AvgIpc) is 2.52. The molecule has 0 aromatic rings. The summed E-state index contributed by atoms with van der Waals surface area (Å²) in [7, 11) is 0. The molecule has 0 radical (unpaired) electrons. The van der Waals surface area contributed by atoms with Crippen molar-refractivity contribution in [2.45, 2.75) is 103 Å². The van der Waals surface area contributed by atoms with Crippen LogP contribution < -0.4 is 0 Å². The minimum atomic E-state index is 0.983. The van der Waals surface area contributed by atoms with Crippen LogP contribution in [0.5, 0.6) is 0 Å². The predicted octanol–water partition coefficient (Wildman–Crippen LogP) is 7.58. The molecule has 0 saturated carbocycles. The van der Waals surface area contributed by atoms with Crippen molar-refractivity contribution in [3.63, 3.8) is 0 Å². The molecule has 112 valence electrons. The maximum absolute atomic E-state index is 2.86. The standard InChI is InChI=1S/C5H8.6C2H6/c1-3-5-4-2;6*1-2/h3H2,1-2H3;6*1-2H3. The van der Waals surface area contributed by atoms with Gasteiger partial charge in [-0.25, -0.2) is 0 Å². The third-order valence-electron chi connectivity index (χ3n) is 0.354. The van der Waals surface area contributed by atoms with Gasteiger partial charge in [0.1, 0.15) is 0 Å².